The molecule has 0 radical (unpaired) electrons. The first-order chi connectivity index (χ1) is 11.2. The maximum atomic E-state index is 13.1. The number of anilines is 2. The van der Waals surface area contributed by atoms with Crippen molar-refractivity contribution in [1.29, 1.82) is 0 Å². The van der Waals surface area contributed by atoms with Crippen LogP contribution in [0, 0.1) is 6.92 Å². The van der Waals surface area contributed by atoms with Crippen molar-refractivity contribution in [2.24, 2.45) is 0 Å². The predicted molar refractivity (Wildman–Crippen MR) is 95.1 cm³/mol. The van der Waals surface area contributed by atoms with Gasteiger partial charge in [0.25, 0.3) is 5.91 Å². The van der Waals surface area contributed by atoms with Gasteiger partial charge in [0.15, 0.2) is 0 Å². The van der Waals surface area contributed by atoms with Gasteiger partial charge in [0.05, 0.1) is 5.56 Å². The zero-order chi connectivity index (χ0) is 15.8. The van der Waals surface area contributed by atoms with E-state index in [-0.39, 0.29) is 12.1 Å². The second kappa shape index (κ2) is 5.56. The van der Waals surface area contributed by atoms with Crippen LogP contribution in [-0.4, -0.2) is 5.91 Å². The summed E-state index contributed by atoms with van der Waals surface area (Å²) in [6.45, 7) is 2.05. The van der Waals surface area contributed by atoms with E-state index in [1.54, 1.807) is 11.3 Å². The monoisotopic (exact) mass is 320 g/mol. The Hall–Kier alpha value is -2.59. The van der Waals surface area contributed by atoms with Crippen LogP contribution < -0.4 is 10.2 Å². The fraction of sp³-hybridized carbons (Fsp3) is 0.105. The first-order valence-electron chi connectivity index (χ1n) is 7.53. The summed E-state index contributed by atoms with van der Waals surface area (Å²) >= 11 is 1.65. The molecule has 3 aromatic rings. The van der Waals surface area contributed by atoms with Crippen LogP contribution in [0.4, 0.5) is 11.4 Å². The number of nitrogens with zero attached hydrogens (tertiary/aromatic N) is 1. The van der Waals surface area contributed by atoms with Crippen molar-refractivity contribution in [2.45, 2.75) is 13.1 Å². The number of hydrogen-bond donors (Lipinski definition) is 1. The highest BCUT2D eigenvalue weighted by atomic mass is 32.1. The Bertz CT molecular complexity index is 840. The van der Waals surface area contributed by atoms with Crippen molar-refractivity contribution in [2.75, 3.05) is 10.2 Å². The van der Waals surface area contributed by atoms with Crippen molar-refractivity contribution in [3.63, 3.8) is 0 Å². The number of aryl methyl sites for hydroxylation is 1. The fourth-order valence-corrected chi connectivity index (χ4v) is 3.64. The zero-order valence-electron chi connectivity index (χ0n) is 12.7. The molecule has 1 aromatic heterocycles. The topological polar surface area (TPSA) is 32.3 Å². The van der Waals surface area contributed by atoms with E-state index in [9.17, 15) is 4.79 Å². The number of amides is 1. The van der Waals surface area contributed by atoms with Gasteiger partial charge in [-0.05, 0) is 42.6 Å². The van der Waals surface area contributed by atoms with Gasteiger partial charge in [0, 0.05) is 16.3 Å². The molecule has 1 aliphatic heterocycles. The molecule has 0 saturated heterocycles. The highest BCUT2D eigenvalue weighted by Crippen LogP contribution is 2.37. The van der Waals surface area contributed by atoms with E-state index in [4.69, 9.17) is 0 Å². The standard InChI is InChI=1S/C19H16N2OS/c1-13-8-10-14(11-9-13)21-18(17-7-4-12-23-17)20-16-6-3-2-5-15(16)19(21)22/h2-12,18,20H,1H3. The molecule has 1 unspecified atom stereocenters. The third-order valence-corrected chi connectivity index (χ3v) is 4.98. The SMILES string of the molecule is Cc1ccc(N2C(=O)c3ccccc3NC2c2cccs2)cc1. The van der Waals surface area contributed by atoms with E-state index in [1.807, 2.05) is 71.8 Å². The zero-order valence-corrected chi connectivity index (χ0v) is 13.5. The molecule has 23 heavy (non-hydrogen) atoms. The lowest BCUT2D eigenvalue weighted by atomic mass is 10.1. The molecule has 2 heterocycles. The van der Waals surface area contributed by atoms with Crippen molar-refractivity contribution in [3.8, 4) is 0 Å². The molecular weight excluding hydrogens is 304 g/mol. The number of hydrogen-bond acceptors (Lipinski definition) is 3. The van der Waals surface area contributed by atoms with E-state index in [0.717, 1.165) is 16.3 Å². The van der Waals surface area contributed by atoms with Gasteiger partial charge in [-0.1, -0.05) is 35.9 Å². The Morgan fingerprint density at radius 2 is 1.78 bits per heavy atom. The summed E-state index contributed by atoms with van der Waals surface area (Å²) < 4.78 is 0. The smallest absolute Gasteiger partial charge is 0.262 e. The molecule has 0 saturated carbocycles. The maximum absolute atomic E-state index is 13.1. The number of fused-ring (bicyclic) bond motifs is 1. The van der Waals surface area contributed by atoms with Crippen LogP contribution >= 0.6 is 11.3 Å². The van der Waals surface area contributed by atoms with Crippen LogP contribution in [0.1, 0.15) is 27.0 Å². The van der Waals surface area contributed by atoms with Crippen LogP contribution in [0.2, 0.25) is 0 Å². The number of benzene rings is 2. The van der Waals surface area contributed by atoms with Gasteiger partial charge < -0.3 is 5.32 Å². The predicted octanol–water partition coefficient (Wildman–Crippen LogP) is 4.83. The molecule has 1 amide bonds. The second-order valence-electron chi connectivity index (χ2n) is 5.62. The molecule has 1 aliphatic rings. The summed E-state index contributed by atoms with van der Waals surface area (Å²) in [7, 11) is 0. The van der Waals surface area contributed by atoms with Gasteiger partial charge in [0.1, 0.15) is 6.17 Å². The van der Waals surface area contributed by atoms with Gasteiger partial charge in [-0.3, -0.25) is 9.69 Å². The van der Waals surface area contributed by atoms with Gasteiger partial charge in [0.2, 0.25) is 0 Å². The lowest BCUT2D eigenvalue weighted by molar-refractivity contribution is 0.0975. The van der Waals surface area contributed by atoms with Crippen molar-refractivity contribution in [1.82, 2.24) is 0 Å². The molecule has 2 aromatic carbocycles. The number of carbonyl (C=O) groups excluding carboxylic acids is 1. The number of thiophene rings is 1. The molecule has 0 bridgehead atoms. The number of para-hydroxylation sites is 1. The first kappa shape index (κ1) is 14.0. The highest BCUT2D eigenvalue weighted by Gasteiger charge is 2.34. The number of carbonyl (C=O) groups is 1. The van der Waals surface area contributed by atoms with E-state index >= 15 is 0 Å². The molecule has 114 valence electrons. The lowest BCUT2D eigenvalue weighted by Gasteiger charge is -2.37. The average Bonchev–Trinajstić information content (AvgIpc) is 3.10. The second-order valence-corrected chi connectivity index (χ2v) is 6.60. The minimum Gasteiger partial charge on any atom is -0.360 e. The van der Waals surface area contributed by atoms with Crippen LogP contribution in [0.15, 0.2) is 66.0 Å². The van der Waals surface area contributed by atoms with Crippen LogP contribution in [-0.2, 0) is 0 Å². The fourth-order valence-electron chi connectivity index (χ4n) is 2.87. The Labute approximate surface area is 139 Å². The average molecular weight is 320 g/mol. The molecule has 1 N–H and O–H groups in total. The molecule has 0 spiro atoms. The minimum atomic E-state index is -0.180. The van der Waals surface area contributed by atoms with E-state index in [0.29, 0.717) is 5.56 Å². The molecule has 4 heteroatoms. The Morgan fingerprint density at radius 1 is 1.00 bits per heavy atom. The van der Waals surface area contributed by atoms with Gasteiger partial charge in [-0.15, -0.1) is 11.3 Å². The van der Waals surface area contributed by atoms with Crippen molar-refractivity contribution >= 4 is 28.6 Å². The normalized spacial score (nSPS) is 16.8. The van der Waals surface area contributed by atoms with Crippen LogP contribution in [0.25, 0.3) is 0 Å². The summed E-state index contributed by atoms with van der Waals surface area (Å²) in [6, 6.07) is 19.8. The molecule has 0 fully saturated rings. The summed E-state index contributed by atoms with van der Waals surface area (Å²) in [4.78, 5) is 16.1. The highest BCUT2D eigenvalue weighted by molar-refractivity contribution is 7.10. The third-order valence-electron chi connectivity index (χ3n) is 4.05. The Kier molecular flexibility index (Phi) is 3.39. The molecule has 0 aliphatic carbocycles. The number of rotatable bonds is 2. The van der Waals surface area contributed by atoms with E-state index in [1.165, 1.54) is 5.56 Å². The summed E-state index contributed by atoms with van der Waals surface area (Å²) in [5.41, 5.74) is 3.68. The maximum Gasteiger partial charge on any atom is 0.262 e. The lowest BCUT2D eigenvalue weighted by Crippen LogP contribution is -2.42. The Morgan fingerprint density at radius 3 is 2.52 bits per heavy atom. The molecule has 4 rings (SSSR count). The van der Waals surface area contributed by atoms with Crippen molar-refractivity contribution < 1.29 is 4.79 Å². The van der Waals surface area contributed by atoms with Gasteiger partial charge >= 0.3 is 0 Å². The van der Waals surface area contributed by atoms with Gasteiger partial charge in [-0.2, -0.15) is 0 Å². The molecule has 3 nitrogen and oxygen atoms in total. The Balaban J connectivity index is 1.85. The summed E-state index contributed by atoms with van der Waals surface area (Å²) in [5, 5.41) is 5.55. The third kappa shape index (κ3) is 2.41. The van der Waals surface area contributed by atoms with E-state index < -0.39 is 0 Å². The quantitative estimate of drug-likeness (QED) is 0.733. The molecular formula is C19H16N2OS. The minimum absolute atomic E-state index is 0.0293. The van der Waals surface area contributed by atoms with Crippen molar-refractivity contribution in [3.05, 3.63) is 82.0 Å². The summed E-state index contributed by atoms with van der Waals surface area (Å²) in [6.07, 6.45) is -0.180. The molecule has 1 atom stereocenters. The largest absolute Gasteiger partial charge is 0.360 e. The van der Waals surface area contributed by atoms with E-state index in [2.05, 4.69) is 11.4 Å². The van der Waals surface area contributed by atoms with Crippen LogP contribution in [0.5, 0.6) is 0 Å². The summed E-state index contributed by atoms with van der Waals surface area (Å²) in [5.74, 6) is 0.0293. The van der Waals surface area contributed by atoms with Crippen LogP contribution in [0.3, 0.4) is 0 Å². The van der Waals surface area contributed by atoms with Gasteiger partial charge in [-0.25, -0.2) is 0 Å². The number of nitrogens with one attached hydrogen (secondary N) is 1. The first-order valence-corrected chi connectivity index (χ1v) is 8.41.